The van der Waals surface area contributed by atoms with E-state index in [2.05, 4.69) is 4.90 Å². The van der Waals surface area contributed by atoms with Crippen molar-refractivity contribution in [1.82, 2.24) is 4.90 Å². The molecule has 2 rings (SSSR count). The van der Waals surface area contributed by atoms with Gasteiger partial charge in [-0.3, -0.25) is 9.59 Å². The van der Waals surface area contributed by atoms with E-state index in [0.29, 0.717) is 25.4 Å². The fourth-order valence-corrected chi connectivity index (χ4v) is 3.03. The van der Waals surface area contributed by atoms with Gasteiger partial charge >= 0.3 is 11.9 Å². The van der Waals surface area contributed by atoms with Gasteiger partial charge in [0.1, 0.15) is 0 Å². The summed E-state index contributed by atoms with van der Waals surface area (Å²) in [6.45, 7) is 3.44. The van der Waals surface area contributed by atoms with Gasteiger partial charge in [0.2, 0.25) is 0 Å². The molecule has 2 fully saturated rings. The van der Waals surface area contributed by atoms with Gasteiger partial charge in [-0.25, -0.2) is 0 Å². The molecule has 6 nitrogen and oxygen atoms in total. The molecule has 108 valence electrons. The van der Waals surface area contributed by atoms with Crippen molar-refractivity contribution in [2.24, 2.45) is 17.8 Å². The molecular formula is C13H21NO5. The van der Waals surface area contributed by atoms with Gasteiger partial charge in [0, 0.05) is 26.3 Å². The first kappa shape index (κ1) is 14.3. The molecule has 0 aromatic rings. The van der Waals surface area contributed by atoms with Crippen LogP contribution in [0.25, 0.3) is 0 Å². The number of aliphatic carboxylic acids is 2. The second-order valence-electron chi connectivity index (χ2n) is 5.49. The van der Waals surface area contributed by atoms with Gasteiger partial charge in [-0.05, 0) is 31.7 Å². The van der Waals surface area contributed by atoms with Crippen LogP contribution in [0.5, 0.6) is 0 Å². The van der Waals surface area contributed by atoms with Crippen molar-refractivity contribution < 1.29 is 24.5 Å². The third-order valence-electron chi connectivity index (χ3n) is 4.19. The summed E-state index contributed by atoms with van der Waals surface area (Å²) >= 11 is 0. The Morgan fingerprint density at radius 2 is 1.68 bits per heavy atom. The lowest BCUT2D eigenvalue weighted by atomic mass is 9.85. The number of nitrogens with zero attached hydrogens (tertiary/aromatic N) is 1. The monoisotopic (exact) mass is 271 g/mol. The molecule has 0 aromatic carbocycles. The number of piperidine rings is 1. The minimum absolute atomic E-state index is 0.351. The van der Waals surface area contributed by atoms with E-state index in [1.54, 1.807) is 0 Å². The molecule has 2 aliphatic heterocycles. The zero-order valence-electron chi connectivity index (χ0n) is 11.0. The predicted octanol–water partition coefficient (Wildman–Crippen LogP) is 0.520. The van der Waals surface area contributed by atoms with Crippen LogP contribution in [-0.4, -0.2) is 59.9 Å². The Hall–Kier alpha value is -1.14. The largest absolute Gasteiger partial charge is 0.481 e. The predicted molar refractivity (Wildman–Crippen MR) is 66.9 cm³/mol. The molecule has 2 N–H and O–H groups in total. The summed E-state index contributed by atoms with van der Waals surface area (Å²) in [7, 11) is 0. The molecule has 2 saturated heterocycles. The highest BCUT2D eigenvalue weighted by Crippen LogP contribution is 2.26. The summed E-state index contributed by atoms with van der Waals surface area (Å²) in [6, 6.07) is 0. The van der Waals surface area contributed by atoms with Gasteiger partial charge in [0.25, 0.3) is 0 Å². The van der Waals surface area contributed by atoms with Crippen LogP contribution in [0.4, 0.5) is 0 Å². The Kier molecular flexibility index (Phi) is 4.76. The van der Waals surface area contributed by atoms with E-state index in [1.165, 1.54) is 0 Å². The molecule has 2 unspecified atom stereocenters. The van der Waals surface area contributed by atoms with Crippen molar-refractivity contribution in [2.75, 3.05) is 32.8 Å². The van der Waals surface area contributed by atoms with E-state index in [1.807, 2.05) is 0 Å². The zero-order valence-corrected chi connectivity index (χ0v) is 11.0. The number of hydrogen-bond acceptors (Lipinski definition) is 4. The smallest absolute Gasteiger partial charge is 0.308 e. The third kappa shape index (κ3) is 3.67. The topological polar surface area (TPSA) is 87.1 Å². The Morgan fingerprint density at radius 1 is 1.05 bits per heavy atom. The molecule has 0 saturated carbocycles. The van der Waals surface area contributed by atoms with Crippen LogP contribution in [0.2, 0.25) is 0 Å². The number of likely N-dealkylation sites (tertiary alicyclic amines) is 1. The van der Waals surface area contributed by atoms with Crippen LogP contribution < -0.4 is 0 Å². The fraction of sp³-hybridized carbons (Fsp3) is 0.846. The number of ether oxygens (including phenoxy) is 1. The number of carboxylic acid groups (broad SMARTS) is 2. The van der Waals surface area contributed by atoms with E-state index in [0.717, 1.165) is 32.6 Å². The minimum atomic E-state index is -0.996. The molecule has 19 heavy (non-hydrogen) atoms. The van der Waals surface area contributed by atoms with Gasteiger partial charge in [-0.1, -0.05) is 0 Å². The standard InChI is InChI=1S/C13H21NO5/c15-12(16)10-1-4-14(8-11(10)13(17)18)7-9-2-5-19-6-3-9/h9-11H,1-8H2,(H,15,16)(H,17,18). The van der Waals surface area contributed by atoms with Crippen LogP contribution in [0.3, 0.4) is 0 Å². The molecule has 2 atom stereocenters. The molecule has 0 aliphatic carbocycles. The molecule has 2 aliphatic rings. The second kappa shape index (κ2) is 6.34. The van der Waals surface area contributed by atoms with Crippen molar-refractivity contribution in [3.63, 3.8) is 0 Å². The lowest BCUT2D eigenvalue weighted by molar-refractivity contribution is -0.157. The Morgan fingerprint density at radius 3 is 2.26 bits per heavy atom. The van der Waals surface area contributed by atoms with Gasteiger partial charge in [0.15, 0.2) is 0 Å². The van der Waals surface area contributed by atoms with Gasteiger partial charge in [0.05, 0.1) is 11.8 Å². The highest BCUT2D eigenvalue weighted by Gasteiger charge is 2.39. The summed E-state index contributed by atoms with van der Waals surface area (Å²) in [5.74, 6) is -2.97. The van der Waals surface area contributed by atoms with Gasteiger partial charge in [-0.15, -0.1) is 0 Å². The molecule has 0 bridgehead atoms. The van der Waals surface area contributed by atoms with E-state index >= 15 is 0 Å². The van der Waals surface area contributed by atoms with Crippen LogP contribution in [0.1, 0.15) is 19.3 Å². The van der Waals surface area contributed by atoms with Crippen LogP contribution >= 0.6 is 0 Å². The number of carboxylic acids is 2. The first-order valence-electron chi connectivity index (χ1n) is 6.83. The molecule has 2 heterocycles. The average Bonchev–Trinajstić information content (AvgIpc) is 2.39. The Bertz CT molecular complexity index is 340. The quantitative estimate of drug-likeness (QED) is 0.775. The van der Waals surface area contributed by atoms with E-state index in [9.17, 15) is 14.7 Å². The highest BCUT2D eigenvalue weighted by atomic mass is 16.5. The van der Waals surface area contributed by atoms with Crippen LogP contribution in [0, 0.1) is 17.8 Å². The fourth-order valence-electron chi connectivity index (χ4n) is 3.03. The molecule has 0 aromatic heterocycles. The second-order valence-corrected chi connectivity index (χ2v) is 5.49. The number of carbonyl (C=O) groups is 2. The van der Waals surface area contributed by atoms with Crippen molar-refractivity contribution in [3.8, 4) is 0 Å². The maximum absolute atomic E-state index is 11.2. The highest BCUT2D eigenvalue weighted by molar-refractivity contribution is 5.80. The normalized spacial score (nSPS) is 30.1. The third-order valence-corrected chi connectivity index (χ3v) is 4.19. The Balaban J connectivity index is 1.90. The first-order chi connectivity index (χ1) is 9.08. The summed E-state index contributed by atoms with van der Waals surface area (Å²) in [6.07, 6.45) is 2.45. The Labute approximate surface area is 112 Å². The molecule has 0 amide bonds. The van der Waals surface area contributed by atoms with Crippen LogP contribution in [-0.2, 0) is 14.3 Å². The van der Waals surface area contributed by atoms with Crippen molar-refractivity contribution in [3.05, 3.63) is 0 Å². The van der Waals surface area contributed by atoms with Gasteiger partial charge < -0.3 is 19.8 Å². The molecule has 6 heteroatoms. The van der Waals surface area contributed by atoms with E-state index in [-0.39, 0.29) is 0 Å². The first-order valence-corrected chi connectivity index (χ1v) is 6.83. The van der Waals surface area contributed by atoms with Crippen molar-refractivity contribution >= 4 is 11.9 Å². The number of hydrogen-bond donors (Lipinski definition) is 2. The molecule has 0 radical (unpaired) electrons. The van der Waals surface area contributed by atoms with Gasteiger partial charge in [-0.2, -0.15) is 0 Å². The maximum Gasteiger partial charge on any atom is 0.308 e. The van der Waals surface area contributed by atoms with Crippen molar-refractivity contribution in [2.45, 2.75) is 19.3 Å². The molecule has 0 spiro atoms. The van der Waals surface area contributed by atoms with Crippen LogP contribution in [0.15, 0.2) is 0 Å². The minimum Gasteiger partial charge on any atom is -0.481 e. The maximum atomic E-state index is 11.2. The van der Waals surface area contributed by atoms with E-state index < -0.39 is 23.8 Å². The molecular weight excluding hydrogens is 250 g/mol. The summed E-state index contributed by atoms with van der Waals surface area (Å²) in [5, 5.41) is 18.2. The number of rotatable bonds is 4. The lowest BCUT2D eigenvalue weighted by Crippen LogP contribution is -2.48. The summed E-state index contributed by atoms with van der Waals surface area (Å²) in [4.78, 5) is 24.4. The summed E-state index contributed by atoms with van der Waals surface area (Å²) in [5.41, 5.74) is 0. The average molecular weight is 271 g/mol. The van der Waals surface area contributed by atoms with E-state index in [4.69, 9.17) is 9.84 Å². The van der Waals surface area contributed by atoms with Crippen molar-refractivity contribution in [1.29, 1.82) is 0 Å². The lowest BCUT2D eigenvalue weighted by Gasteiger charge is -2.37. The zero-order chi connectivity index (χ0) is 13.8. The summed E-state index contributed by atoms with van der Waals surface area (Å²) < 4.78 is 5.31. The SMILES string of the molecule is O=C(O)C1CCN(CC2CCOCC2)CC1C(=O)O.